The molecule has 7 atom stereocenters. The molecule has 3 saturated carbocycles. The quantitative estimate of drug-likeness (QED) is 0.441. The fourth-order valence-corrected chi connectivity index (χ4v) is 10.3. The first-order valence-corrected chi connectivity index (χ1v) is 16.6. The van der Waals surface area contributed by atoms with Crippen LogP contribution in [0.4, 0.5) is 4.39 Å². The Morgan fingerprint density at radius 1 is 1.18 bits per heavy atom. The number of nitrogens with zero attached hydrogens (tertiary/aromatic N) is 3. The van der Waals surface area contributed by atoms with Crippen molar-refractivity contribution < 1.29 is 28.6 Å². The number of rotatable bonds is 6. The summed E-state index contributed by atoms with van der Waals surface area (Å²) in [5, 5.41) is 16.4. The number of hydrogen-bond acceptors (Lipinski definition) is 7. The van der Waals surface area contributed by atoms with E-state index >= 15 is 0 Å². The van der Waals surface area contributed by atoms with Gasteiger partial charge in [0.05, 0.1) is 29.4 Å². The van der Waals surface area contributed by atoms with Crippen molar-refractivity contribution in [1.29, 1.82) is 0 Å². The van der Waals surface area contributed by atoms with Crippen LogP contribution in [0.3, 0.4) is 0 Å². The lowest BCUT2D eigenvalue weighted by Gasteiger charge is -2.60. The minimum atomic E-state index is -1.39. The van der Waals surface area contributed by atoms with Crippen LogP contribution in [0.2, 0.25) is 0 Å². The normalized spacial score (nSPS) is 33.8. The number of ether oxygens (including phenoxy) is 1. The van der Waals surface area contributed by atoms with E-state index < -0.39 is 23.1 Å². The monoisotopic (exact) mass is 623 g/mol. The first-order chi connectivity index (χ1) is 20.8. The van der Waals surface area contributed by atoms with Gasteiger partial charge in [0.15, 0.2) is 5.60 Å². The van der Waals surface area contributed by atoms with Crippen LogP contribution in [0.15, 0.2) is 36.0 Å². The highest BCUT2D eigenvalue weighted by Crippen LogP contribution is 2.69. The number of esters is 1. The largest absolute Gasteiger partial charge is 0.449 e. The van der Waals surface area contributed by atoms with Crippen molar-refractivity contribution in [2.24, 2.45) is 28.6 Å². The van der Waals surface area contributed by atoms with Gasteiger partial charge in [0, 0.05) is 25.9 Å². The first-order valence-electron chi connectivity index (χ1n) is 15.7. The van der Waals surface area contributed by atoms with Crippen LogP contribution in [0, 0.1) is 34.4 Å². The Morgan fingerprint density at radius 3 is 2.59 bits per heavy atom. The summed E-state index contributed by atoms with van der Waals surface area (Å²) in [6.07, 6.45) is 7.45. The van der Waals surface area contributed by atoms with Gasteiger partial charge in [-0.3, -0.25) is 14.4 Å². The summed E-state index contributed by atoms with van der Waals surface area (Å²) in [6.45, 7) is 6.00. The lowest BCUT2D eigenvalue weighted by Crippen LogP contribution is -2.62. The van der Waals surface area contributed by atoms with Gasteiger partial charge in [0.1, 0.15) is 5.82 Å². The van der Waals surface area contributed by atoms with Crippen molar-refractivity contribution >= 4 is 34.8 Å². The summed E-state index contributed by atoms with van der Waals surface area (Å²) in [7, 11) is 3.30. The summed E-state index contributed by atoms with van der Waals surface area (Å²) < 4.78 is 21.6. The van der Waals surface area contributed by atoms with E-state index in [0.29, 0.717) is 12.8 Å². The smallest absolute Gasteiger partial charge is 0.306 e. The van der Waals surface area contributed by atoms with E-state index in [1.165, 1.54) is 22.6 Å². The molecular weight excluding hydrogens is 581 g/mol. The van der Waals surface area contributed by atoms with Crippen LogP contribution in [-0.2, 0) is 25.5 Å². The standard InChI is InChI=1S/C34H42FN3O5S/c1-6-29(41)43-34(31(42)44-19-28(40)37(4)5)14-13-25-24-12-7-21-15-26-20(18-36-38(26)23-10-8-22(35)9-11-23)16-32(21,2)30(24)27(39)17-33(25,34)3/h8-11,15,18,24-25,27,30,39H,6-7,12-14,16-17,19H2,1-5H3/t24-,25-,27-,30+,32-,33-,34-/m0/s1. The average Bonchev–Trinajstić information content (AvgIpc) is 3.51. The summed E-state index contributed by atoms with van der Waals surface area (Å²) in [4.78, 5) is 40.7. The third-order valence-corrected chi connectivity index (χ3v) is 12.3. The number of aromatic nitrogens is 2. The SMILES string of the molecule is CCC(=O)O[C@]1(C(=O)SCC(=O)N(C)C)CC[C@H]2[C@@H]3CCC4=Cc5c(cnn5-c5ccc(F)cc5)C[C@]4(C)[C@H]3[C@@H](O)C[C@@]21C. The van der Waals surface area contributed by atoms with E-state index in [1.54, 1.807) is 33.2 Å². The van der Waals surface area contributed by atoms with Crippen LogP contribution in [0.5, 0.6) is 0 Å². The number of allylic oxidation sites excluding steroid dienone is 1. The van der Waals surface area contributed by atoms with Crippen molar-refractivity contribution in [3.63, 3.8) is 0 Å². The molecule has 8 nitrogen and oxygen atoms in total. The van der Waals surface area contributed by atoms with Crippen LogP contribution in [0.1, 0.15) is 70.6 Å². The highest BCUT2D eigenvalue weighted by atomic mass is 32.2. The van der Waals surface area contributed by atoms with E-state index in [4.69, 9.17) is 4.74 Å². The third-order valence-electron chi connectivity index (χ3n) is 11.3. The Hall–Kier alpha value is -2.98. The molecule has 1 amide bonds. The van der Waals surface area contributed by atoms with E-state index in [1.807, 2.05) is 17.8 Å². The highest BCUT2D eigenvalue weighted by molar-refractivity contribution is 8.14. The number of benzene rings is 1. The molecule has 1 heterocycles. The van der Waals surface area contributed by atoms with Crippen molar-refractivity contribution in [2.75, 3.05) is 19.8 Å². The topological polar surface area (TPSA) is 102 Å². The Morgan fingerprint density at radius 2 is 1.91 bits per heavy atom. The summed E-state index contributed by atoms with van der Waals surface area (Å²) >= 11 is 0.929. The number of hydrogen-bond donors (Lipinski definition) is 1. The second kappa shape index (κ2) is 11.1. The van der Waals surface area contributed by atoms with Gasteiger partial charge >= 0.3 is 5.97 Å². The molecule has 10 heteroatoms. The molecular formula is C34H42FN3O5S. The van der Waals surface area contributed by atoms with Gasteiger partial charge in [0.2, 0.25) is 11.0 Å². The molecule has 1 aromatic carbocycles. The minimum Gasteiger partial charge on any atom is -0.449 e. The third kappa shape index (κ3) is 4.66. The number of halogens is 1. The molecule has 236 valence electrons. The number of aliphatic hydroxyl groups excluding tert-OH is 1. The average molecular weight is 624 g/mol. The molecule has 0 spiro atoms. The molecule has 0 radical (unpaired) electrons. The second-order valence-corrected chi connectivity index (χ2v) is 14.7. The van der Waals surface area contributed by atoms with Gasteiger partial charge in [-0.25, -0.2) is 9.07 Å². The maximum absolute atomic E-state index is 14.0. The van der Waals surface area contributed by atoms with Gasteiger partial charge in [-0.2, -0.15) is 5.10 Å². The lowest BCUT2D eigenvalue weighted by molar-refractivity contribution is -0.196. The molecule has 2 aromatic rings. The molecule has 4 aliphatic rings. The van der Waals surface area contributed by atoms with E-state index in [2.05, 4.69) is 18.1 Å². The number of carbonyl (C=O) groups excluding carboxylic acids is 3. The summed E-state index contributed by atoms with van der Waals surface area (Å²) in [5.74, 6) is -0.733. The predicted octanol–water partition coefficient (Wildman–Crippen LogP) is 5.20. The van der Waals surface area contributed by atoms with Gasteiger partial charge in [-0.1, -0.05) is 38.1 Å². The van der Waals surface area contributed by atoms with Crippen LogP contribution >= 0.6 is 11.8 Å². The van der Waals surface area contributed by atoms with E-state index in [-0.39, 0.29) is 52.2 Å². The summed E-state index contributed by atoms with van der Waals surface area (Å²) in [5.41, 5.74) is 1.74. The van der Waals surface area contributed by atoms with Gasteiger partial charge in [0.25, 0.3) is 0 Å². The van der Waals surface area contributed by atoms with Gasteiger partial charge in [-0.05, 0) is 97.6 Å². The molecule has 3 fully saturated rings. The van der Waals surface area contributed by atoms with Crippen molar-refractivity contribution in [3.8, 4) is 5.69 Å². The number of fused-ring (bicyclic) bond motifs is 6. The van der Waals surface area contributed by atoms with Crippen LogP contribution in [0.25, 0.3) is 11.8 Å². The van der Waals surface area contributed by atoms with Gasteiger partial charge in [-0.15, -0.1) is 0 Å². The highest BCUT2D eigenvalue weighted by Gasteiger charge is 2.70. The molecule has 44 heavy (non-hydrogen) atoms. The minimum absolute atomic E-state index is 0.0211. The lowest BCUT2D eigenvalue weighted by atomic mass is 9.45. The Labute approximate surface area is 262 Å². The molecule has 0 unspecified atom stereocenters. The van der Waals surface area contributed by atoms with Gasteiger partial charge < -0.3 is 14.7 Å². The molecule has 1 aromatic heterocycles. The maximum atomic E-state index is 14.0. The molecule has 0 aliphatic heterocycles. The van der Waals surface area contributed by atoms with Crippen LogP contribution < -0.4 is 0 Å². The number of amides is 1. The van der Waals surface area contributed by atoms with Crippen LogP contribution in [-0.4, -0.2) is 68.3 Å². The zero-order valence-electron chi connectivity index (χ0n) is 26.1. The fourth-order valence-electron chi connectivity index (χ4n) is 9.14. The van der Waals surface area contributed by atoms with Crippen molar-refractivity contribution in [3.05, 3.63) is 53.1 Å². The number of thioether (sulfide) groups is 1. The van der Waals surface area contributed by atoms with Crippen molar-refractivity contribution in [1.82, 2.24) is 14.7 Å². The molecule has 0 bridgehead atoms. The zero-order valence-corrected chi connectivity index (χ0v) is 27.0. The molecule has 0 saturated heterocycles. The fraction of sp³-hybridized carbons (Fsp3) is 0.588. The Bertz CT molecular complexity index is 1520. The Kier molecular flexibility index (Phi) is 7.84. The summed E-state index contributed by atoms with van der Waals surface area (Å²) in [6, 6.07) is 6.33. The Balaban J connectivity index is 1.32. The maximum Gasteiger partial charge on any atom is 0.306 e. The second-order valence-electron chi connectivity index (χ2n) is 13.8. The number of aliphatic hydroxyl groups is 1. The van der Waals surface area contributed by atoms with E-state index in [0.717, 1.165) is 54.4 Å². The molecule has 1 N–H and O–H groups in total. The van der Waals surface area contributed by atoms with Crippen molar-refractivity contribution in [2.45, 2.75) is 77.4 Å². The predicted molar refractivity (Wildman–Crippen MR) is 166 cm³/mol. The zero-order chi connectivity index (χ0) is 31.6. The van der Waals surface area contributed by atoms with E-state index in [9.17, 15) is 23.9 Å². The molecule has 6 rings (SSSR count). The molecule has 4 aliphatic carbocycles. The number of carbonyl (C=O) groups is 3. The first kappa shape index (κ1) is 31.0.